The van der Waals surface area contributed by atoms with Gasteiger partial charge in [-0.2, -0.15) is 0 Å². The fourth-order valence-electron chi connectivity index (χ4n) is 2.75. The summed E-state index contributed by atoms with van der Waals surface area (Å²) in [6.45, 7) is 2.09. The first kappa shape index (κ1) is 17.6. The number of aryl methyl sites for hydroxylation is 1. The Morgan fingerprint density at radius 3 is 2.35 bits per heavy atom. The molecule has 0 spiro atoms. The molecule has 0 radical (unpaired) electrons. The van der Waals surface area contributed by atoms with E-state index < -0.39 is 23.5 Å². The van der Waals surface area contributed by atoms with E-state index in [0.717, 1.165) is 5.56 Å². The van der Waals surface area contributed by atoms with Crippen LogP contribution in [0.15, 0.2) is 48.5 Å². The molecule has 2 aromatic rings. The number of hydrazine groups is 1. The Kier molecular flexibility index (Phi) is 4.97. The van der Waals surface area contributed by atoms with Crippen LogP contribution in [0.4, 0.5) is 10.1 Å². The molecule has 134 valence electrons. The highest BCUT2D eigenvalue weighted by molar-refractivity contribution is 6.01. The van der Waals surface area contributed by atoms with Crippen molar-refractivity contribution in [3.05, 3.63) is 65.5 Å². The van der Waals surface area contributed by atoms with Gasteiger partial charge in [-0.25, -0.2) is 4.39 Å². The van der Waals surface area contributed by atoms with E-state index in [1.807, 2.05) is 6.92 Å². The molecule has 0 saturated carbocycles. The van der Waals surface area contributed by atoms with Crippen LogP contribution in [-0.4, -0.2) is 24.3 Å². The van der Waals surface area contributed by atoms with E-state index in [-0.39, 0.29) is 18.9 Å². The molecular formula is C19H18FN3O3. The molecule has 1 aliphatic rings. The number of anilines is 1. The van der Waals surface area contributed by atoms with E-state index >= 15 is 0 Å². The lowest BCUT2D eigenvalue weighted by Crippen LogP contribution is -2.45. The van der Waals surface area contributed by atoms with Crippen molar-refractivity contribution in [2.24, 2.45) is 5.92 Å². The average Bonchev–Trinajstić information content (AvgIpc) is 3.02. The minimum Gasteiger partial charge on any atom is -0.312 e. The fourth-order valence-corrected chi connectivity index (χ4v) is 2.75. The number of benzene rings is 2. The van der Waals surface area contributed by atoms with E-state index in [4.69, 9.17) is 0 Å². The van der Waals surface area contributed by atoms with Crippen molar-refractivity contribution in [2.45, 2.75) is 13.3 Å². The molecule has 2 N–H and O–H groups in total. The second-order valence-electron chi connectivity index (χ2n) is 6.19. The van der Waals surface area contributed by atoms with Crippen LogP contribution in [0.2, 0.25) is 0 Å². The van der Waals surface area contributed by atoms with E-state index in [1.165, 1.54) is 29.2 Å². The summed E-state index contributed by atoms with van der Waals surface area (Å²) in [5.74, 6) is -2.08. The quantitative estimate of drug-likeness (QED) is 0.826. The molecule has 3 rings (SSSR count). The van der Waals surface area contributed by atoms with Gasteiger partial charge in [0.15, 0.2) is 0 Å². The predicted octanol–water partition coefficient (Wildman–Crippen LogP) is 1.95. The van der Waals surface area contributed by atoms with Gasteiger partial charge in [0.2, 0.25) is 11.8 Å². The van der Waals surface area contributed by atoms with Crippen molar-refractivity contribution in [3.63, 3.8) is 0 Å². The Morgan fingerprint density at radius 1 is 1.04 bits per heavy atom. The van der Waals surface area contributed by atoms with Crippen LogP contribution in [0.5, 0.6) is 0 Å². The van der Waals surface area contributed by atoms with Gasteiger partial charge in [0, 0.05) is 24.2 Å². The van der Waals surface area contributed by atoms with Gasteiger partial charge >= 0.3 is 0 Å². The van der Waals surface area contributed by atoms with Crippen molar-refractivity contribution < 1.29 is 18.8 Å². The molecule has 0 unspecified atom stereocenters. The zero-order chi connectivity index (χ0) is 18.7. The number of rotatable bonds is 3. The summed E-state index contributed by atoms with van der Waals surface area (Å²) in [7, 11) is 0. The normalized spacial score (nSPS) is 16.5. The molecule has 1 fully saturated rings. The van der Waals surface area contributed by atoms with E-state index in [1.54, 1.807) is 24.3 Å². The lowest BCUT2D eigenvalue weighted by molar-refractivity contribution is -0.126. The Hall–Kier alpha value is -3.22. The highest BCUT2D eigenvalue weighted by Crippen LogP contribution is 2.25. The monoisotopic (exact) mass is 355 g/mol. The molecule has 1 saturated heterocycles. The molecule has 7 heteroatoms. The number of hydrogen-bond donors (Lipinski definition) is 2. The van der Waals surface area contributed by atoms with Crippen molar-refractivity contribution in [1.82, 2.24) is 10.9 Å². The zero-order valence-electron chi connectivity index (χ0n) is 14.2. The second kappa shape index (κ2) is 7.35. The number of halogens is 1. The van der Waals surface area contributed by atoms with Crippen LogP contribution in [-0.2, 0) is 9.59 Å². The van der Waals surface area contributed by atoms with Gasteiger partial charge in [0.1, 0.15) is 5.82 Å². The summed E-state index contributed by atoms with van der Waals surface area (Å²) < 4.78 is 13.0. The molecule has 1 heterocycles. The molecule has 0 bridgehead atoms. The molecular weight excluding hydrogens is 337 g/mol. The Balaban J connectivity index is 1.57. The Morgan fingerprint density at radius 2 is 1.69 bits per heavy atom. The maximum Gasteiger partial charge on any atom is 0.269 e. The van der Waals surface area contributed by atoms with Gasteiger partial charge < -0.3 is 4.90 Å². The Labute approximate surface area is 150 Å². The van der Waals surface area contributed by atoms with Crippen LogP contribution in [0.1, 0.15) is 22.3 Å². The first-order chi connectivity index (χ1) is 12.4. The molecule has 3 amide bonds. The standard InChI is InChI=1S/C19H18FN3O3/c1-12-2-4-13(5-3-12)18(25)21-22-19(26)14-10-17(24)23(11-14)16-8-6-15(20)7-9-16/h2-9,14H,10-11H2,1H3,(H,21,25)(H,22,26)/t14-/m1/s1. The highest BCUT2D eigenvalue weighted by Gasteiger charge is 2.35. The Bertz CT molecular complexity index is 834. The number of carbonyl (C=O) groups excluding carboxylic acids is 3. The highest BCUT2D eigenvalue weighted by atomic mass is 19.1. The lowest BCUT2D eigenvalue weighted by Gasteiger charge is -2.16. The molecule has 6 nitrogen and oxygen atoms in total. The lowest BCUT2D eigenvalue weighted by atomic mass is 10.1. The fraction of sp³-hybridized carbons (Fsp3) is 0.211. The summed E-state index contributed by atoms with van der Waals surface area (Å²) in [5, 5.41) is 0. The number of amides is 3. The number of carbonyl (C=O) groups is 3. The zero-order valence-corrected chi connectivity index (χ0v) is 14.2. The maximum absolute atomic E-state index is 13.0. The van der Waals surface area contributed by atoms with E-state index in [9.17, 15) is 18.8 Å². The predicted molar refractivity (Wildman–Crippen MR) is 93.6 cm³/mol. The summed E-state index contributed by atoms with van der Waals surface area (Å²) in [6, 6.07) is 12.4. The van der Waals surface area contributed by atoms with E-state index in [2.05, 4.69) is 10.9 Å². The minimum absolute atomic E-state index is 0.0314. The van der Waals surface area contributed by atoms with Crippen LogP contribution in [0, 0.1) is 18.7 Å². The molecule has 0 aromatic heterocycles. The van der Waals surface area contributed by atoms with Gasteiger partial charge in [-0.1, -0.05) is 17.7 Å². The summed E-state index contributed by atoms with van der Waals surface area (Å²) >= 11 is 0. The SMILES string of the molecule is Cc1ccc(C(=O)NNC(=O)[C@@H]2CC(=O)N(c3ccc(F)cc3)C2)cc1. The first-order valence-corrected chi connectivity index (χ1v) is 8.17. The molecule has 26 heavy (non-hydrogen) atoms. The largest absolute Gasteiger partial charge is 0.312 e. The smallest absolute Gasteiger partial charge is 0.269 e. The van der Waals surface area contributed by atoms with Crippen LogP contribution in [0.3, 0.4) is 0 Å². The van der Waals surface area contributed by atoms with Crippen molar-refractivity contribution in [3.8, 4) is 0 Å². The molecule has 0 aliphatic carbocycles. The number of nitrogens with zero attached hydrogens (tertiary/aromatic N) is 1. The number of nitrogens with one attached hydrogen (secondary N) is 2. The summed E-state index contributed by atoms with van der Waals surface area (Å²) in [5.41, 5.74) is 6.70. The van der Waals surface area contributed by atoms with E-state index in [0.29, 0.717) is 11.3 Å². The van der Waals surface area contributed by atoms with Gasteiger partial charge in [0.25, 0.3) is 5.91 Å². The third-order valence-electron chi connectivity index (χ3n) is 4.25. The maximum atomic E-state index is 13.0. The van der Waals surface area contributed by atoms with Crippen molar-refractivity contribution in [2.75, 3.05) is 11.4 Å². The van der Waals surface area contributed by atoms with Gasteiger partial charge in [-0.3, -0.25) is 25.2 Å². The molecule has 2 aromatic carbocycles. The third kappa shape index (κ3) is 3.88. The second-order valence-corrected chi connectivity index (χ2v) is 6.19. The third-order valence-corrected chi connectivity index (χ3v) is 4.25. The van der Waals surface area contributed by atoms with Crippen LogP contribution < -0.4 is 15.8 Å². The van der Waals surface area contributed by atoms with Crippen molar-refractivity contribution in [1.29, 1.82) is 0 Å². The van der Waals surface area contributed by atoms with Gasteiger partial charge in [0.05, 0.1) is 5.92 Å². The van der Waals surface area contributed by atoms with Gasteiger partial charge in [-0.15, -0.1) is 0 Å². The topological polar surface area (TPSA) is 78.5 Å². The minimum atomic E-state index is -0.592. The molecule has 1 atom stereocenters. The van der Waals surface area contributed by atoms with Gasteiger partial charge in [-0.05, 0) is 43.3 Å². The number of hydrogen-bond acceptors (Lipinski definition) is 3. The first-order valence-electron chi connectivity index (χ1n) is 8.17. The van der Waals surface area contributed by atoms with Crippen LogP contribution >= 0.6 is 0 Å². The molecule has 1 aliphatic heterocycles. The van der Waals surface area contributed by atoms with Crippen LogP contribution in [0.25, 0.3) is 0 Å². The van der Waals surface area contributed by atoms with Crippen molar-refractivity contribution >= 4 is 23.4 Å². The summed E-state index contributed by atoms with van der Waals surface area (Å²) in [4.78, 5) is 37.8. The summed E-state index contributed by atoms with van der Waals surface area (Å²) in [6.07, 6.45) is 0.0314. The average molecular weight is 355 g/mol.